The van der Waals surface area contributed by atoms with Gasteiger partial charge in [0.05, 0.1) is 11.5 Å². The molecule has 0 aromatic heterocycles. The molecular weight excluding hydrogens is 344 g/mol. The van der Waals surface area contributed by atoms with E-state index in [2.05, 4.69) is 10.6 Å². The van der Waals surface area contributed by atoms with Gasteiger partial charge in [-0.1, -0.05) is 29.8 Å². The van der Waals surface area contributed by atoms with Crippen LogP contribution in [0.3, 0.4) is 0 Å². The van der Waals surface area contributed by atoms with Gasteiger partial charge in [-0.3, -0.25) is 9.59 Å². The van der Waals surface area contributed by atoms with E-state index in [9.17, 15) is 9.59 Å². The zero-order valence-corrected chi connectivity index (χ0v) is 15.1. The standard InChI is InChI=1S/C18H19ClN2O2S/c1-12-4-3-5-15(8-12)20-17(22)10-24-11-18(23)21-16-9-14(19)7-6-13(16)2/h3-9H,10-11H2,1-2H3,(H,20,22)(H,21,23). The summed E-state index contributed by atoms with van der Waals surface area (Å²) in [6.07, 6.45) is 0. The zero-order valence-electron chi connectivity index (χ0n) is 13.6. The molecule has 0 aliphatic carbocycles. The Balaban J connectivity index is 1.76. The summed E-state index contributed by atoms with van der Waals surface area (Å²) < 4.78 is 0. The fourth-order valence-corrected chi connectivity index (χ4v) is 2.86. The Morgan fingerprint density at radius 2 is 1.71 bits per heavy atom. The molecule has 0 unspecified atom stereocenters. The lowest BCUT2D eigenvalue weighted by atomic mass is 10.2. The van der Waals surface area contributed by atoms with Crippen molar-refractivity contribution in [3.8, 4) is 0 Å². The third-order valence-corrected chi connectivity index (χ3v) is 4.41. The summed E-state index contributed by atoms with van der Waals surface area (Å²) in [5.41, 5.74) is 3.48. The highest BCUT2D eigenvalue weighted by molar-refractivity contribution is 8.00. The first kappa shape index (κ1) is 18.4. The van der Waals surface area contributed by atoms with E-state index in [0.29, 0.717) is 10.7 Å². The van der Waals surface area contributed by atoms with Crippen molar-refractivity contribution in [1.82, 2.24) is 0 Å². The molecule has 2 amide bonds. The summed E-state index contributed by atoms with van der Waals surface area (Å²) in [4.78, 5) is 23.8. The van der Waals surface area contributed by atoms with Crippen LogP contribution in [0, 0.1) is 13.8 Å². The normalized spacial score (nSPS) is 10.3. The molecule has 6 heteroatoms. The minimum absolute atomic E-state index is 0.127. The average Bonchev–Trinajstić information content (AvgIpc) is 2.51. The highest BCUT2D eigenvalue weighted by Gasteiger charge is 2.08. The SMILES string of the molecule is Cc1cccc(NC(=O)CSCC(=O)Nc2cc(Cl)ccc2C)c1. The molecule has 0 aliphatic heterocycles. The van der Waals surface area contributed by atoms with Crippen LogP contribution in [-0.2, 0) is 9.59 Å². The number of nitrogens with one attached hydrogen (secondary N) is 2. The maximum Gasteiger partial charge on any atom is 0.234 e. The lowest BCUT2D eigenvalue weighted by molar-refractivity contribution is -0.114. The molecule has 0 bridgehead atoms. The van der Waals surface area contributed by atoms with Crippen LogP contribution in [0.1, 0.15) is 11.1 Å². The van der Waals surface area contributed by atoms with Crippen LogP contribution in [0.15, 0.2) is 42.5 Å². The van der Waals surface area contributed by atoms with Crippen LogP contribution in [0.2, 0.25) is 5.02 Å². The van der Waals surface area contributed by atoms with E-state index in [1.165, 1.54) is 11.8 Å². The Hall–Kier alpha value is -1.98. The van der Waals surface area contributed by atoms with Gasteiger partial charge in [0.15, 0.2) is 0 Å². The van der Waals surface area contributed by atoms with Crippen molar-refractivity contribution in [2.45, 2.75) is 13.8 Å². The Labute approximate surface area is 151 Å². The summed E-state index contributed by atoms with van der Waals surface area (Å²) in [5, 5.41) is 6.19. The number of carbonyl (C=O) groups excluding carboxylic acids is 2. The molecule has 0 saturated heterocycles. The number of halogens is 1. The second-order valence-corrected chi connectivity index (χ2v) is 6.84. The van der Waals surface area contributed by atoms with Crippen LogP contribution in [0.25, 0.3) is 0 Å². The number of benzene rings is 2. The maximum absolute atomic E-state index is 12.0. The summed E-state index contributed by atoms with van der Waals surface area (Å²) in [6, 6.07) is 12.9. The van der Waals surface area contributed by atoms with E-state index < -0.39 is 0 Å². The predicted molar refractivity (Wildman–Crippen MR) is 102 cm³/mol. The number of thioether (sulfide) groups is 1. The molecule has 2 rings (SSSR count). The van der Waals surface area contributed by atoms with Crippen LogP contribution >= 0.6 is 23.4 Å². The van der Waals surface area contributed by atoms with E-state index in [1.54, 1.807) is 12.1 Å². The fourth-order valence-electron chi connectivity index (χ4n) is 2.07. The van der Waals surface area contributed by atoms with Crippen LogP contribution < -0.4 is 10.6 Å². The molecule has 4 nitrogen and oxygen atoms in total. The van der Waals surface area contributed by atoms with Crippen molar-refractivity contribution < 1.29 is 9.59 Å². The van der Waals surface area contributed by atoms with Gasteiger partial charge in [-0.15, -0.1) is 11.8 Å². The van der Waals surface area contributed by atoms with Gasteiger partial charge in [0.25, 0.3) is 0 Å². The minimum Gasteiger partial charge on any atom is -0.325 e. The van der Waals surface area contributed by atoms with Gasteiger partial charge in [-0.2, -0.15) is 0 Å². The summed E-state index contributed by atoms with van der Waals surface area (Å²) in [7, 11) is 0. The molecule has 0 spiro atoms. The Morgan fingerprint density at radius 1 is 1.00 bits per heavy atom. The van der Waals surface area contributed by atoms with Crippen LogP contribution in [0.5, 0.6) is 0 Å². The first-order valence-corrected chi connectivity index (χ1v) is 8.97. The molecule has 0 aliphatic rings. The van der Waals surface area contributed by atoms with Crippen molar-refractivity contribution in [2.75, 3.05) is 22.1 Å². The Kier molecular flexibility index (Phi) is 6.70. The second kappa shape index (κ2) is 8.76. The molecule has 2 aromatic rings. The van der Waals surface area contributed by atoms with Gasteiger partial charge >= 0.3 is 0 Å². The lowest BCUT2D eigenvalue weighted by Crippen LogP contribution is -2.18. The highest BCUT2D eigenvalue weighted by Crippen LogP contribution is 2.20. The third kappa shape index (κ3) is 5.91. The molecule has 126 valence electrons. The first-order valence-electron chi connectivity index (χ1n) is 7.44. The van der Waals surface area contributed by atoms with Crippen LogP contribution in [-0.4, -0.2) is 23.3 Å². The number of aryl methyl sites for hydroxylation is 2. The minimum atomic E-state index is -0.159. The van der Waals surface area contributed by atoms with E-state index in [1.807, 2.05) is 44.2 Å². The molecule has 0 heterocycles. The number of rotatable bonds is 6. The van der Waals surface area contributed by atoms with E-state index in [0.717, 1.165) is 16.8 Å². The molecular formula is C18H19ClN2O2S. The summed E-state index contributed by atoms with van der Waals surface area (Å²) >= 11 is 7.19. The van der Waals surface area contributed by atoms with Gasteiger partial charge in [0.1, 0.15) is 0 Å². The van der Waals surface area contributed by atoms with E-state index in [-0.39, 0.29) is 23.3 Å². The molecule has 0 radical (unpaired) electrons. The number of carbonyl (C=O) groups is 2. The number of anilines is 2. The highest BCUT2D eigenvalue weighted by atomic mass is 35.5. The Bertz CT molecular complexity index is 750. The number of hydrogen-bond donors (Lipinski definition) is 2. The average molecular weight is 363 g/mol. The maximum atomic E-state index is 12.0. The molecule has 24 heavy (non-hydrogen) atoms. The van der Waals surface area contributed by atoms with Crippen molar-refractivity contribution in [3.63, 3.8) is 0 Å². The van der Waals surface area contributed by atoms with Crippen molar-refractivity contribution >= 4 is 46.6 Å². The Morgan fingerprint density at radius 3 is 2.42 bits per heavy atom. The molecule has 0 fully saturated rings. The predicted octanol–water partition coefficient (Wildman–Crippen LogP) is 4.27. The molecule has 2 N–H and O–H groups in total. The molecule has 0 atom stereocenters. The largest absolute Gasteiger partial charge is 0.325 e. The fraction of sp³-hybridized carbons (Fsp3) is 0.222. The summed E-state index contributed by atoms with van der Waals surface area (Å²) in [5.74, 6) is 0.134. The molecule has 0 saturated carbocycles. The zero-order chi connectivity index (χ0) is 17.5. The quantitative estimate of drug-likeness (QED) is 0.806. The first-order chi connectivity index (χ1) is 11.4. The third-order valence-electron chi connectivity index (χ3n) is 3.24. The second-order valence-electron chi connectivity index (χ2n) is 5.42. The van der Waals surface area contributed by atoms with E-state index in [4.69, 9.17) is 11.6 Å². The monoisotopic (exact) mass is 362 g/mol. The van der Waals surface area contributed by atoms with Crippen LogP contribution in [0.4, 0.5) is 11.4 Å². The van der Waals surface area contributed by atoms with Gasteiger partial charge in [-0.25, -0.2) is 0 Å². The number of hydrogen-bond acceptors (Lipinski definition) is 3. The van der Waals surface area contributed by atoms with Gasteiger partial charge in [0, 0.05) is 16.4 Å². The lowest BCUT2D eigenvalue weighted by Gasteiger charge is -2.09. The van der Waals surface area contributed by atoms with Gasteiger partial charge in [-0.05, 0) is 49.2 Å². The van der Waals surface area contributed by atoms with Crippen molar-refractivity contribution in [1.29, 1.82) is 0 Å². The number of amides is 2. The summed E-state index contributed by atoms with van der Waals surface area (Å²) in [6.45, 7) is 3.86. The van der Waals surface area contributed by atoms with Gasteiger partial charge < -0.3 is 10.6 Å². The smallest absolute Gasteiger partial charge is 0.234 e. The van der Waals surface area contributed by atoms with Crippen molar-refractivity contribution in [2.24, 2.45) is 0 Å². The molecule has 2 aromatic carbocycles. The van der Waals surface area contributed by atoms with Crippen molar-refractivity contribution in [3.05, 3.63) is 58.6 Å². The topological polar surface area (TPSA) is 58.2 Å². The van der Waals surface area contributed by atoms with Gasteiger partial charge in [0.2, 0.25) is 11.8 Å². The van der Waals surface area contributed by atoms with E-state index >= 15 is 0 Å².